The molecule has 0 radical (unpaired) electrons. The van der Waals surface area contributed by atoms with Gasteiger partial charge in [-0.2, -0.15) is 5.26 Å². The van der Waals surface area contributed by atoms with Gasteiger partial charge in [-0.3, -0.25) is 4.79 Å². The number of amides is 1. The SMILES string of the molecule is N#Cc1ccc(NC(=O)c2ccc(Nc3ccc4c(c3)OCCO4)cn2)cc1. The van der Waals surface area contributed by atoms with E-state index >= 15 is 0 Å². The van der Waals surface area contributed by atoms with Gasteiger partial charge in [0.2, 0.25) is 0 Å². The van der Waals surface area contributed by atoms with Gasteiger partial charge in [0.1, 0.15) is 18.9 Å². The summed E-state index contributed by atoms with van der Waals surface area (Å²) < 4.78 is 11.1. The number of nitriles is 1. The number of carbonyl (C=O) groups is 1. The van der Waals surface area contributed by atoms with Crippen LogP contribution < -0.4 is 20.1 Å². The Labute approximate surface area is 161 Å². The number of hydrogen-bond acceptors (Lipinski definition) is 6. The third kappa shape index (κ3) is 3.86. The van der Waals surface area contributed by atoms with Crippen molar-refractivity contribution in [2.45, 2.75) is 0 Å². The van der Waals surface area contributed by atoms with E-state index in [0.29, 0.717) is 30.2 Å². The zero-order valence-electron chi connectivity index (χ0n) is 14.8. The molecule has 0 atom stereocenters. The molecule has 3 aromatic rings. The summed E-state index contributed by atoms with van der Waals surface area (Å²) in [5.41, 5.74) is 3.00. The molecule has 0 fully saturated rings. The van der Waals surface area contributed by atoms with E-state index in [1.807, 2.05) is 24.3 Å². The molecule has 1 aliphatic rings. The minimum absolute atomic E-state index is 0.289. The van der Waals surface area contributed by atoms with E-state index in [2.05, 4.69) is 15.6 Å². The fourth-order valence-electron chi connectivity index (χ4n) is 2.71. The maximum atomic E-state index is 12.3. The van der Waals surface area contributed by atoms with Crippen molar-refractivity contribution in [3.05, 3.63) is 72.1 Å². The van der Waals surface area contributed by atoms with E-state index in [1.165, 1.54) is 0 Å². The number of nitrogens with zero attached hydrogens (tertiary/aromatic N) is 2. The normalized spacial score (nSPS) is 12.0. The van der Waals surface area contributed by atoms with Gasteiger partial charge in [-0.15, -0.1) is 0 Å². The van der Waals surface area contributed by atoms with E-state index in [9.17, 15) is 4.79 Å². The quantitative estimate of drug-likeness (QED) is 0.725. The standard InChI is InChI=1S/C21H16N4O3/c22-12-14-1-3-15(4-2-14)25-21(26)18-7-5-17(13-23-18)24-16-6-8-19-20(11-16)28-10-9-27-19/h1-8,11,13,24H,9-10H2,(H,25,26). The van der Waals surface area contributed by atoms with Crippen LogP contribution in [-0.4, -0.2) is 24.1 Å². The second kappa shape index (κ2) is 7.68. The van der Waals surface area contributed by atoms with Gasteiger partial charge in [0, 0.05) is 17.4 Å². The highest BCUT2D eigenvalue weighted by molar-refractivity contribution is 6.03. The average molecular weight is 372 g/mol. The van der Waals surface area contributed by atoms with E-state index in [4.69, 9.17) is 14.7 Å². The van der Waals surface area contributed by atoms with Gasteiger partial charge < -0.3 is 20.1 Å². The Kier molecular flexibility index (Phi) is 4.76. The van der Waals surface area contributed by atoms with Crippen molar-refractivity contribution in [2.75, 3.05) is 23.8 Å². The Morgan fingerprint density at radius 3 is 2.36 bits per heavy atom. The van der Waals surface area contributed by atoms with Crippen molar-refractivity contribution in [1.29, 1.82) is 5.26 Å². The smallest absolute Gasteiger partial charge is 0.274 e. The van der Waals surface area contributed by atoms with Crippen molar-refractivity contribution in [3.63, 3.8) is 0 Å². The maximum absolute atomic E-state index is 12.3. The van der Waals surface area contributed by atoms with E-state index in [0.717, 1.165) is 17.1 Å². The van der Waals surface area contributed by atoms with E-state index < -0.39 is 0 Å². The number of nitrogens with one attached hydrogen (secondary N) is 2. The van der Waals surface area contributed by atoms with Crippen molar-refractivity contribution in [1.82, 2.24) is 4.98 Å². The highest BCUT2D eigenvalue weighted by atomic mass is 16.6. The number of fused-ring (bicyclic) bond motifs is 1. The first-order valence-corrected chi connectivity index (χ1v) is 8.65. The lowest BCUT2D eigenvalue weighted by Gasteiger charge is -2.19. The number of aromatic nitrogens is 1. The summed E-state index contributed by atoms with van der Waals surface area (Å²) in [4.78, 5) is 16.5. The Morgan fingerprint density at radius 1 is 0.929 bits per heavy atom. The van der Waals surface area contributed by atoms with Crippen LogP contribution in [0.5, 0.6) is 11.5 Å². The number of benzene rings is 2. The first-order valence-electron chi connectivity index (χ1n) is 8.65. The van der Waals surface area contributed by atoms with Crippen molar-refractivity contribution in [3.8, 4) is 17.6 Å². The Bertz CT molecular complexity index is 1040. The van der Waals surface area contributed by atoms with Crippen LogP contribution in [0, 0.1) is 11.3 Å². The molecule has 2 N–H and O–H groups in total. The summed E-state index contributed by atoms with van der Waals surface area (Å²) >= 11 is 0. The van der Waals surface area contributed by atoms with Crippen LogP contribution in [0.25, 0.3) is 0 Å². The third-order valence-corrected chi connectivity index (χ3v) is 4.10. The van der Waals surface area contributed by atoms with Crippen LogP contribution in [0.4, 0.5) is 17.1 Å². The topological polar surface area (TPSA) is 96.3 Å². The van der Waals surface area contributed by atoms with Gasteiger partial charge in [0.15, 0.2) is 11.5 Å². The molecule has 4 rings (SSSR count). The van der Waals surface area contributed by atoms with Crippen LogP contribution in [0.2, 0.25) is 0 Å². The average Bonchev–Trinajstić information content (AvgIpc) is 2.75. The number of pyridine rings is 1. The molecular formula is C21H16N4O3. The number of rotatable bonds is 4. The van der Waals surface area contributed by atoms with Gasteiger partial charge in [-0.1, -0.05) is 0 Å². The molecule has 1 aliphatic heterocycles. The van der Waals surface area contributed by atoms with E-state index in [1.54, 1.807) is 42.6 Å². The van der Waals surface area contributed by atoms with Crippen LogP contribution in [0.15, 0.2) is 60.8 Å². The molecule has 0 spiro atoms. The van der Waals surface area contributed by atoms with Gasteiger partial charge in [-0.05, 0) is 48.5 Å². The fraction of sp³-hybridized carbons (Fsp3) is 0.0952. The minimum Gasteiger partial charge on any atom is -0.486 e. The van der Waals surface area contributed by atoms with E-state index in [-0.39, 0.29) is 11.6 Å². The van der Waals surface area contributed by atoms with Crippen LogP contribution in [0.1, 0.15) is 16.1 Å². The lowest BCUT2D eigenvalue weighted by atomic mass is 10.2. The molecule has 138 valence electrons. The summed E-state index contributed by atoms with van der Waals surface area (Å²) in [5, 5.41) is 14.8. The van der Waals surface area contributed by atoms with Gasteiger partial charge >= 0.3 is 0 Å². The Morgan fingerprint density at radius 2 is 1.64 bits per heavy atom. The highest BCUT2D eigenvalue weighted by Crippen LogP contribution is 2.33. The molecule has 2 heterocycles. The minimum atomic E-state index is -0.324. The van der Waals surface area contributed by atoms with Crippen LogP contribution in [0.3, 0.4) is 0 Å². The summed E-state index contributed by atoms with van der Waals surface area (Å²) in [5.74, 6) is 1.10. The van der Waals surface area contributed by atoms with Crippen LogP contribution >= 0.6 is 0 Å². The molecule has 28 heavy (non-hydrogen) atoms. The molecule has 7 nitrogen and oxygen atoms in total. The summed E-state index contributed by atoms with van der Waals surface area (Å²) in [6.07, 6.45) is 1.59. The zero-order chi connectivity index (χ0) is 19.3. The first-order chi connectivity index (χ1) is 13.7. The Hall–Kier alpha value is -4.05. The molecular weight excluding hydrogens is 356 g/mol. The number of carbonyl (C=O) groups excluding carboxylic acids is 1. The summed E-state index contributed by atoms with van der Waals surface area (Å²) in [7, 11) is 0. The lowest BCUT2D eigenvalue weighted by Crippen LogP contribution is -2.15. The monoisotopic (exact) mass is 372 g/mol. The largest absolute Gasteiger partial charge is 0.486 e. The number of hydrogen-bond donors (Lipinski definition) is 2. The predicted octanol–water partition coefficient (Wildman–Crippen LogP) is 3.72. The Balaban J connectivity index is 1.41. The number of anilines is 3. The molecule has 0 aliphatic carbocycles. The van der Waals surface area contributed by atoms with Crippen molar-refractivity contribution in [2.24, 2.45) is 0 Å². The van der Waals surface area contributed by atoms with Crippen molar-refractivity contribution >= 4 is 23.0 Å². The van der Waals surface area contributed by atoms with Gasteiger partial charge in [-0.25, -0.2) is 4.98 Å². The first kappa shape index (κ1) is 17.4. The van der Waals surface area contributed by atoms with Crippen LogP contribution in [-0.2, 0) is 0 Å². The second-order valence-corrected chi connectivity index (χ2v) is 6.06. The molecule has 0 saturated heterocycles. The van der Waals surface area contributed by atoms with Gasteiger partial charge in [0.25, 0.3) is 5.91 Å². The third-order valence-electron chi connectivity index (χ3n) is 4.10. The number of ether oxygens (including phenoxy) is 2. The predicted molar refractivity (Wildman–Crippen MR) is 104 cm³/mol. The van der Waals surface area contributed by atoms with Crippen molar-refractivity contribution < 1.29 is 14.3 Å². The molecule has 1 aromatic heterocycles. The molecule has 0 saturated carbocycles. The molecule has 2 aromatic carbocycles. The molecule has 7 heteroatoms. The highest BCUT2D eigenvalue weighted by Gasteiger charge is 2.12. The fourth-order valence-corrected chi connectivity index (χ4v) is 2.71. The zero-order valence-corrected chi connectivity index (χ0v) is 14.8. The molecule has 0 unspecified atom stereocenters. The lowest BCUT2D eigenvalue weighted by molar-refractivity contribution is 0.102. The summed E-state index contributed by atoms with van der Waals surface area (Å²) in [6, 6.07) is 17.7. The maximum Gasteiger partial charge on any atom is 0.274 e. The molecule has 1 amide bonds. The molecule has 0 bridgehead atoms. The summed E-state index contributed by atoms with van der Waals surface area (Å²) in [6.45, 7) is 1.08. The second-order valence-electron chi connectivity index (χ2n) is 6.06. The van der Waals surface area contributed by atoms with Gasteiger partial charge in [0.05, 0.1) is 23.5 Å².